The first-order valence-corrected chi connectivity index (χ1v) is 7.24. The summed E-state index contributed by atoms with van der Waals surface area (Å²) in [6.07, 6.45) is -0.169. The van der Waals surface area contributed by atoms with Crippen molar-refractivity contribution in [3.8, 4) is 0 Å². The molecule has 0 aliphatic rings. The first-order chi connectivity index (χ1) is 11.5. The molecule has 0 unspecified atom stereocenters. The van der Waals surface area contributed by atoms with E-state index in [-0.39, 0.29) is 24.8 Å². The SMILES string of the molecule is O=C(/C=C/c1ccccc1)NCCNc1ncccc1C(F)(F)F. The molecule has 1 aromatic carbocycles. The monoisotopic (exact) mass is 335 g/mol. The zero-order chi connectivity index (χ0) is 17.4. The van der Waals surface area contributed by atoms with Crippen LogP contribution in [0.25, 0.3) is 6.08 Å². The van der Waals surface area contributed by atoms with Crippen molar-refractivity contribution in [2.75, 3.05) is 18.4 Å². The molecule has 0 aliphatic carbocycles. The van der Waals surface area contributed by atoms with E-state index < -0.39 is 11.7 Å². The minimum absolute atomic E-state index is 0.130. The van der Waals surface area contributed by atoms with Crippen molar-refractivity contribution in [3.63, 3.8) is 0 Å². The number of nitrogens with one attached hydrogen (secondary N) is 2. The highest BCUT2D eigenvalue weighted by Gasteiger charge is 2.33. The van der Waals surface area contributed by atoms with Crippen LogP contribution < -0.4 is 10.6 Å². The van der Waals surface area contributed by atoms with E-state index in [4.69, 9.17) is 0 Å². The van der Waals surface area contributed by atoms with Crippen molar-refractivity contribution in [1.29, 1.82) is 0 Å². The molecule has 4 nitrogen and oxygen atoms in total. The summed E-state index contributed by atoms with van der Waals surface area (Å²) in [5, 5.41) is 5.16. The van der Waals surface area contributed by atoms with E-state index >= 15 is 0 Å². The Morgan fingerprint density at radius 1 is 1.08 bits per heavy atom. The van der Waals surface area contributed by atoms with E-state index in [9.17, 15) is 18.0 Å². The molecular formula is C17H16F3N3O. The Hall–Kier alpha value is -2.83. The molecule has 2 aromatic rings. The predicted molar refractivity (Wildman–Crippen MR) is 86.2 cm³/mol. The summed E-state index contributed by atoms with van der Waals surface area (Å²) in [7, 11) is 0. The minimum Gasteiger partial charge on any atom is -0.368 e. The zero-order valence-electron chi connectivity index (χ0n) is 12.7. The topological polar surface area (TPSA) is 54.0 Å². The number of pyridine rings is 1. The molecule has 1 heterocycles. The van der Waals surface area contributed by atoms with E-state index in [0.717, 1.165) is 11.6 Å². The van der Waals surface area contributed by atoms with Gasteiger partial charge in [-0.15, -0.1) is 0 Å². The quantitative estimate of drug-likeness (QED) is 0.629. The number of carbonyl (C=O) groups is 1. The molecule has 2 N–H and O–H groups in total. The van der Waals surface area contributed by atoms with Gasteiger partial charge in [0.2, 0.25) is 5.91 Å². The summed E-state index contributed by atoms with van der Waals surface area (Å²) in [4.78, 5) is 15.3. The Bertz CT molecular complexity index is 700. The van der Waals surface area contributed by atoms with Crippen molar-refractivity contribution in [3.05, 3.63) is 65.9 Å². The second kappa shape index (κ2) is 8.14. The van der Waals surface area contributed by atoms with E-state index in [0.29, 0.717) is 0 Å². The van der Waals surface area contributed by atoms with Gasteiger partial charge in [-0.3, -0.25) is 4.79 Å². The molecule has 0 fully saturated rings. The maximum absolute atomic E-state index is 12.8. The first-order valence-electron chi connectivity index (χ1n) is 7.24. The van der Waals surface area contributed by atoms with Crippen LogP contribution in [0, 0.1) is 0 Å². The van der Waals surface area contributed by atoms with Crippen LogP contribution in [-0.2, 0) is 11.0 Å². The lowest BCUT2D eigenvalue weighted by Gasteiger charge is -2.13. The fourth-order valence-corrected chi connectivity index (χ4v) is 1.94. The average molecular weight is 335 g/mol. The normalized spacial score (nSPS) is 11.5. The van der Waals surface area contributed by atoms with Crippen molar-refractivity contribution < 1.29 is 18.0 Å². The Labute approximate surface area is 137 Å². The third kappa shape index (κ3) is 5.42. The smallest absolute Gasteiger partial charge is 0.368 e. The lowest BCUT2D eigenvalue weighted by atomic mass is 10.2. The number of hydrogen-bond donors (Lipinski definition) is 2. The molecule has 1 aromatic heterocycles. The number of amides is 1. The van der Waals surface area contributed by atoms with E-state index in [2.05, 4.69) is 15.6 Å². The number of aromatic nitrogens is 1. The number of nitrogens with zero attached hydrogens (tertiary/aromatic N) is 1. The van der Waals surface area contributed by atoms with Gasteiger partial charge in [0.15, 0.2) is 0 Å². The van der Waals surface area contributed by atoms with E-state index in [1.165, 1.54) is 18.3 Å². The zero-order valence-corrected chi connectivity index (χ0v) is 12.7. The van der Waals surface area contributed by atoms with Crippen LogP contribution in [0.2, 0.25) is 0 Å². The highest BCUT2D eigenvalue weighted by Crippen LogP contribution is 2.33. The van der Waals surface area contributed by atoms with Crippen LogP contribution >= 0.6 is 0 Å². The number of halogens is 3. The first kappa shape index (κ1) is 17.5. The molecule has 0 atom stereocenters. The molecule has 0 bridgehead atoms. The fraction of sp³-hybridized carbons (Fsp3) is 0.176. The lowest BCUT2D eigenvalue weighted by molar-refractivity contribution is -0.137. The summed E-state index contributed by atoms with van der Waals surface area (Å²) in [6.45, 7) is 0.302. The molecule has 0 saturated carbocycles. The molecule has 2 rings (SSSR count). The van der Waals surface area contributed by atoms with E-state index in [1.54, 1.807) is 6.08 Å². The second-order valence-corrected chi connectivity index (χ2v) is 4.86. The predicted octanol–water partition coefficient (Wildman–Crippen LogP) is 3.34. The third-order valence-corrected chi connectivity index (χ3v) is 3.06. The van der Waals surface area contributed by atoms with Gasteiger partial charge in [0.1, 0.15) is 5.82 Å². The molecule has 1 amide bonds. The molecule has 0 aliphatic heterocycles. The Morgan fingerprint density at radius 2 is 1.83 bits per heavy atom. The molecule has 126 valence electrons. The van der Waals surface area contributed by atoms with Gasteiger partial charge in [0.05, 0.1) is 5.56 Å². The van der Waals surface area contributed by atoms with Crippen LogP contribution in [0.1, 0.15) is 11.1 Å². The maximum Gasteiger partial charge on any atom is 0.419 e. The highest BCUT2D eigenvalue weighted by molar-refractivity contribution is 5.91. The van der Waals surface area contributed by atoms with Crippen LogP contribution in [0.15, 0.2) is 54.7 Å². The number of hydrogen-bond acceptors (Lipinski definition) is 3. The van der Waals surface area contributed by atoms with Crippen LogP contribution in [0.5, 0.6) is 0 Å². The highest BCUT2D eigenvalue weighted by atomic mass is 19.4. The summed E-state index contributed by atoms with van der Waals surface area (Å²) >= 11 is 0. The molecule has 0 radical (unpaired) electrons. The number of rotatable bonds is 6. The van der Waals surface area contributed by atoms with Gasteiger partial charge in [-0.2, -0.15) is 13.2 Å². The Morgan fingerprint density at radius 3 is 2.54 bits per heavy atom. The average Bonchev–Trinajstić information content (AvgIpc) is 2.57. The summed E-state index contributed by atoms with van der Waals surface area (Å²) < 4.78 is 38.4. The van der Waals surface area contributed by atoms with Crippen LogP contribution in [0.3, 0.4) is 0 Å². The van der Waals surface area contributed by atoms with Gasteiger partial charge in [0.25, 0.3) is 0 Å². The van der Waals surface area contributed by atoms with Gasteiger partial charge >= 0.3 is 6.18 Å². The van der Waals surface area contributed by atoms with Crippen molar-refractivity contribution in [2.45, 2.75) is 6.18 Å². The largest absolute Gasteiger partial charge is 0.419 e. The van der Waals surface area contributed by atoms with Gasteiger partial charge in [0, 0.05) is 25.4 Å². The number of alkyl halides is 3. The standard InChI is InChI=1S/C17H16F3N3O/c18-17(19,20)14-7-4-10-22-16(14)23-12-11-21-15(24)9-8-13-5-2-1-3-6-13/h1-10H,11-12H2,(H,21,24)(H,22,23)/b9-8+. The maximum atomic E-state index is 12.8. The number of benzene rings is 1. The fourth-order valence-electron chi connectivity index (χ4n) is 1.94. The number of anilines is 1. The van der Waals surface area contributed by atoms with Gasteiger partial charge in [-0.05, 0) is 23.8 Å². The van der Waals surface area contributed by atoms with Crippen LogP contribution in [0.4, 0.5) is 19.0 Å². The second-order valence-electron chi connectivity index (χ2n) is 4.86. The summed E-state index contributed by atoms with van der Waals surface area (Å²) in [5.41, 5.74) is 0.0504. The van der Waals surface area contributed by atoms with Crippen molar-refractivity contribution in [1.82, 2.24) is 10.3 Å². The van der Waals surface area contributed by atoms with Gasteiger partial charge in [-0.1, -0.05) is 30.3 Å². The molecule has 24 heavy (non-hydrogen) atoms. The van der Waals surface area contributed by atoms with E-state index in [1.807, 2.05) is 30.3 Å². The summed E-state index contributed by atoms with van der Waals surface area (Å²) in [6, 6.07) is 11.5. The third-order valence-electron chi connectivity index (χ3n) is 3.06. The molecule has 7 heteroatoms. The molecule has 0 spiro atoms. The van der Waals surface area contributed by atoms with Crippen molar-refractivity contribution in [2.24, 2.45) is 0 Å². The molecular weight excluding hydrogens is 319 g/mol. The molecule has 0 saturated heterocycles. The van der Waals surface area contributed by atoms with Gasteiger partial charge in [-0.25, -0.2) is 4.98 Å². The lowest BCUT2D eigenvalue weighted by Crippen LogP contribution is -2.27. The Kier molecular flexibility index (Phi) is 5.95. The summed E-state index contributed by atoms with van der Waals surface area (Å²) in [5.74, 6) is -0.572. The number of carbonyl (C=O) groups excluding carboxylic acids is 1. The van der Waals surface area contributed by atoms with Crippen LogP contribution in [-0.4, -0.2) is 24.0 Å². The van der Waals surface area contributed by atoms with Crippen molar-refractivity contribution >= 4 is 17.8 Å². The minimum atomic E-state index is -4.47. The Balaban J connectivity index is 1.79. The van der Waals surface area contributed by atoms with Gasteiger partial charge < -0.3 is 10.6 Å².